The van der Waals surface area contributed by atoms with Crippen molar-refractivity contribution in [3.05, 3.63) is 59.6 Å². The number of nitrogens with one attached hydrogen (secondary N) is 1. The van der Waals surface area contributed by atoms with Crippen LogP contribution in [0.3, 0.4) is 0 Å². The number of benzene rings is 1. The van der Waals surface area contributed by atoms with Gasteiger partial charge in [-0.25, -0.2) is 0 Å². The van der Waals surface area contributed by atoms with Gasteiger partial charge >= 0.3 is 0 Å². The molecule has 4 aromatic rings. The van der Waals surface area contributed by atoms with Gasteiger partial charge in [-0.3, -0.25) is 9.55 Å². The number of hydrogen-bond acceptors (Lipinski definition) is 7. The molecule has 3 heterocycles. The second-order valence-corrected chi connectivity index (χ2v) is 6.78. The quantitative estimate of drug-likeness (QED) is 0.535. The van der Waals surface area contributed by atoms with E-state index >= 15 is 0 Å². The van der Waals surface area contributed by atoms with Gasteiger partial charge in [0.25, 0.3) is 0 Å². The SMILES string of the molecule is CC(CNc1nnc(-c2cccnc2)n1C)c1nnn(-c2cccc(Cl)c2)n1. The zero-order valence-corrected chi connectivity index (χ0v) is 16.1. The summed E-state index contributed by atoms with van der Waals surface area (Å²) in [6.45, 7) is 2.60. The second-order valence-electron chi connectivity index (χ2n) is 6.35. The lowest BCUT2D eigenvalue weighted by Gasteiger charge is -2.10. The van der Waals surface area contributed by atoms with E-state index in [4.69, 9.17) is 11.6 Å². The van der Waals surface area contributed by atoms with Crippen LogP contribution in [0.15, 0.2) is 48.8 Å². The number of rotatable bonds is 6. The van der Waals surface area contributed by atoms with Crippen LogP contribution in [0.1, 0.15) is 18.7 Å². The van der Waals surface area contributed by atoms with Crippen LogP contribution < -0.4 is 5.32 Å². The van der Waals surface area contributed by atoms with Crippen LogP contribution in [0.4, 0.5) is 5.95 Å². The number of anilines is 1. The minimum absolute atomic E-state index is 0.0199. The van der Waals surface area contributed by atoms with E-state index in [1.807, 2.05) is 42.8 Å². The lowest BCUT2D eigenvalue weighted by molar-refractivity contribution is 0.701. The monoisotopic (exact) mass is 395 g/mol. The molecule has 1 atom stereocenters. The Hall–Kier alpha value is -3.33. The summed E-state index contributed by atoms with van der Waals surface area (Å²) in [5.41, 5.74) is 1.67. The van der Waals surface area contributed by atoms with Crippen LogP contribution in [-0.4, -0.2) is 46.5 Å². The van der Waals surface area contributed by atoms with Gasteiger partial charge in [0.05, 0.1) is 5.69 Å². The number of nitrogens with zero attached hydrogens (tertiary/aromatic N) is 8. The molecule has 0 aliphatic rings. The molecule has 0 aliphatic carbocycles. The van der Waals surface area contributed by atoms with E-state index in [1.165, 1.54) is 4.80 Å². The lowest BCUT2D eigenvalue weighted by atomic mass is 10.2. The third kappa shape index (κ3) is 3.70. The van der Waals surface area contributed by atoms with E-state index in [0.717, 1.165) is 17.1 Å². The maximum absolute atomic E-state index is 6.02. The van der Waals surface area contributed by atoms with Gasteiger partial charge in [-0.2, -0.15) is 0 Å². The number of aromatic nitrogens is 8. The highest BCUT2D eigenvalue weighted by atomic mass is 35.5. The fourth-order valence-electron chi connectivity index (χ4n) is 2.70. The van der Waals surface area contributed by atoms with E-state index in [1.54, 1.807) is 24.5 Å². The summed E-state index contributed by atoms with van der Waals surface area (Å²) in [6, 6.07) is 11.1. The highest BCUT2D eigenvalue weighted by Gasteiger charge is 2.16. The Bertz CT molecular complexity index is 1070. The van der Waals surface area contributed by atoms with E-state index in [2.05, 4.69) is 35.9 Å². The Morgan fingerprint density at radius 2 is 2.04 bits per heavy atom. The van der Waals surface area contributed by atoms with Crippen molar-refractivity contribution in [1.29, 1.82) is 0 Å². The molecule has 0 bridgehead atoms. The molecule has 3 aromatic heterocycles. The molecule has 4 rings (SSSR count). The Balaban J connectivity index is 1.44. The van der Waals surface area contributed by atoms with Gasteiger partial charge in [0.1, 0.15) is 0 Å². The average Bonchev–Trinajstić information content (AvgIpc) is 3.34. The molecule has 142 valence electrons. The van der Waals surface area contributed by atoms with Crippen LogP contribution in [0, 0.1) is 0 Å². The molecule has 0 saturated heterocycles. The van der Waals surface area contributed by atoms with Crippen LogP contribution in [-0.2, 0) is 7.05 Å². The normalized spacial score (nSPS) is 12.1. The highest BCUT2D eigenvalue weighted by Crippen LogP contribution is 2.19. The number of pyridine rings is 1. The predicted octanol–water partition coefficient (Wildman–Crippen LogP) is 2.72. The topological polar surface area (TPSA) is 99.2 Å². The molecular weight excluding hydrogens is 378 g/mol. The Labute approximate surface area is 166 Å². The lowest BCUT2D eigenvalue weighted by Crippen LogP contribution is -2.14. The summed E-state index contributed by atoms with van der Waals surface area (Å²) >= 11 is 6.02. The molecule has 1 N–H and O–H groups in total. The molecule has 0 fully saturated rings. The van der Waals surface area contributed by atoms with Gasteiger partial charge in [-0.05, 0) is 35.5 Å². The van der Waals surface area contributed by atoms with Gasteiger partial charge in [0.15, 0.2) is 11.6 Å². The first kappa shape index (κ1) is 18.1. The fourth-order valence-corrected chi connectivity index (χ4v) is 2.88. The van der Waals surface area contributed by atoms with Gasteiger partial charge in [-0.15, -0.1) is 25.2 Å². The number of tetrazole rings is 1. The summed E-state index contributed by atoms with van der Waals surface area (Å²) < 4.78 is 1.89. The van der Waals surface area contributed by atoms with E-state index < -0.39 is 0 Å². The average molecular weight is 396 g/mol. The zero-order chi connectivity index (χ0) is 19.5. The molecule has 10 heteroatoms. The molecule has 1 aromatic carbocycles. The van der Waals surface area contributed by atoms with Crippen LogP contribution >= 0.6 is 11.6 Å². The van der Waals surface area contributed by atoms with E-state index in [9.17, 15) is 0 Å². The highest BCUT2D eigenvalue weighted by molar-refractivity contribution is 6.30. The molecule has 28 heavy (non-hydrogen) atoms. The minimum Gasteiger partial charge on any atom is -0.354 e. The van der Waals surface area contributed by atoms with Crippen molar-refractivity contribution in [2.24, 2.45) is 7.05 Å². The smallest absolute Gasteiger partial charge is 0.224 e. The van der Waals surface area contributed by atoms with Crippen molar-refractivity contribution < 1.29 is 0 Å². The molecule has 0 radical (unpaired) electrons. The third-order valence-electron chi connectivity index (χ3n) is 4.27. The van der Waals surface area contributed by atoms with Crippen molar-refractivity contribution >= 4 is 17.5 Å². The molecular formula is C18H18ClN9. The zero-order valence-electron chi connectivity index (χ0n) is 15.4. The third-order valence-corrected chi connectivity index (χ3v) is 4.51. The Kier molecular flexibility index (Phi) is 4.98. The molecule has 0 aliphatic heterocycles. The maximum atomic E-state index is 6.02. The summed E-state index contributed by atoms with van der Waals surface area (Å²) in [4.78, 5) is 5.60. The summed E-state index contributed by atoms with van der Waals surface area (Å²) in [5, 5.41) is 25.1. The maximum Gasteiger partial charge on any atom is 0.224 e. The Morgan fingerprint density at radius 1 is 1.14 bits per heavy atom. The van der Waals surface area contributed by atoms with Gasteiger partial charge in [-0.1, -0.05) is 24.6 Å². The van der Waals surface area contributed by atoms with Crippen molar-refractivity contribution in [2.45, 2.75) is 12.8 Å². The fraction of sp³-hybridized carbons (Fsp3) is 0.222. The molecule has 9 nitrogen and oxygen atoms in total. The standard InChI is InChI=1S/C18H18ClN9/c1-12(16-22-26-28(25-16)15-7-3-6-14(19)9-15)10-21-18-24-23-17(27(18)2)13-5-4-8-20-11-13/h3-9,11-12H,10H2,1-2H3,(H,21,24). The van der Waals surface area contributed by atoms with Crippen LogP contribution in [0.25, 0.3) is 17.1 Å². The summed E-state index contributed by atoms with van der Waals surface area (Å²) in [7, 11) is 1.91. The van der Waals surface area contributed by atoms with Crippen molar-refractivity contribution in [3.8, 4) is 17.1 Å². The first-order chi connectivity index (χ1) is 13.6. The second kappa shape index (κ2) is 7.73. The van der Waals surface area contributed by atoms with Crippen molar-refractivity contribution in [3.63, 3.8) is 0 Å². The van der Waals surface area contributed by atoms with Crippen LogP contribution in [0.5, 0.6) is 0 Å². The van der Waals surface area contributed by atoms with Crippen molar-refractivity contribution in [2.75, 3.05) is 11.9 Å². The first-order valence-electron chi connectivity index (χ1n) is 8.71. The molecule has 0 spiro atoms. The molecule has 0 amide bonds. The number of hydrogen-bond donors (Lipinski definition) is 1. The minimum atomic E-state index is 0.0199. The van der Waals surface area contributed by atoms with Gasteiger partial charge < -0.3 is 5.32 Å². The van der Waals surface area contributed by atoms with Crippen molar-refractivity contribution in [1.82, 2.24) is 40.0 Å². The summed E-state index contributed by atoms with van der Waals surface area (Å²) in [5.74, 6) is 2.05. The predicted molar refractivity (Wildman–Crippen MR) is 105 cm³/mol. The van der Waals surface area contributed by atoms with E-state index in [-0.39, 0.29) is 5.92 Å². The Morgan fingerprint density at radius 3 is 2.82 bits per heavy atom. The molecule has 0 saturated carbocycles. The van der Waals surface area contributed by atoms with Crippen LogP contribution in [0.2, 0.25) is 5.02 Å². The summed E-state index contributed by atoms with van der Waals surface area (Å²) in [6.07, 6.45) is 3.48. The van der Waals surface area contributed by atoms with Gasteiger partial charge in [0, 0.05) is 42.5 Å². The van der Waals surface area contributed by atoms with E-state index in [0.29, 0.717) is 23.3 Å². The largest absolute Gasteiger partial charge is 0.354 e. The number of halogens is 1. The molecule has 1 unspecified atom stereocenters. The first-order valence-corrected chi connectivity index (χ1v) is 9.09. The van der Waals surface area contributed by atoms with Gasteiger partial charge in [0.2, 0.25) is 5.95 Å².